The minimum Gasteiger partial charge on any atom is -0.489 e. The molecule has 0 amide bonds. The maximum Gasteiger partial charge on any atom is 0.361 e. The SMILES string of the molecule is CO/N=C(/C(=O)OCCCCCC(=O)OC(C)(C)C)c1ccccc1COc1ccccc1C. The topological polar surface area (TPSA) is 83.4 Å². The van der Waals surface area contributed by atoms with E-state index >= 15 is 0 Å². The van der Waals surface area contributed by atoms with Crippen molar-refractivity contribution in [2.45, 2.75) is 65.6 Å². The molecule has 0 N–H and O–H groups in total. The molecular weight excluding hydrogens is 434 g/mol. The van der Waals surface area contributed by atoms with Gasteiger partial charge in [-0.1, -0.05) is 47.6 Å². The van der Waals surface area contributed by atoms with Gasteiger partial charge in [-0.15, -0.1) is 0 Å². The molecule has 2 aromatic rings. The lowest BCUT2D eigenvalue weighted by Crippen LogP contribution is -2.23. The van der Waals surface area contributed by atoms with E-state index in [-0.39, 0.29) is 24.9 Å². The van der Waals surface area contributed by atoms with Gasteiger partial charge >= 0.3 is 11.9 Å². The molecule has 2 aromatic carbocycles. The summed E-state index contributed by atoms with van der Waals surface area (Å²) in [5, 5.41) is 3.93. The van der Waals surface area contributed by atoms with Gasteiger partial charge in [-0.3, -0.25) is 4.79 Å². The molecule has 0 aliphatic heterocycles. The van der Waals surface area contributed by atoms with Crippen LogP contribution in [0.2, 0.25) is 0 Å². The zero-order valence-electron chi connectivity index (χ0n) is 20.8. The first-order valence-corrected chi connectivity index (χ1v) is 11.5. The van der Waals surface area contributed by atoms with Crippen molar-refractivity contribution in [2.24, 2.45) is 5.16 Å². The highest BCUT2D eigenvalue weighted by molar-refractivity contribution is 6.43. The predicted molar refractivity (Wildman–Crippen MR) is 131 cm³/mol. The lowest BCUT2D eigenvalue weighted by atomic mass is 10.0. The molecule has 0 saturated carbocycles. The number of esters is 2. The standard InChI is InChI=1S/C27H35NO6/c1-20-13-8-11-16-23(20)33-19-21-14-9-10-15-22(21)25(28-31-5)26(30)32-18-12-6-7-17-24(29)34-27(2,3)4/h8-11,13-16H,6-7,12,17-19H2,1-5H3/b28-25+. The number of carbonyl (C=O) groups excluding carboxylic acids is 2. The number of rotatable bonds is 12. The number of unbranched alkanes of at least 4 members (excludes halogenated alkanes) is 2. The average Bonchev–Trinajstić information content (AvgIpc) is 2.78. The Balaban J connectivity index is 1.91. The fourth-order valence-corrected chi connectivity index (χ4v) is 3.21. The molecule has 0 fully saturated rings. The highest BCUT2D eigenvalue weighted by Gasteiger charge is 2.20. The van der Waals surface area contributed by atoms with Gasteiger partial charge in [-0.2, -0.15) is 0 Å². The molecule has 0 aromatic heterocycles. The van der Waals surface area contributed by atoms with Gasteiger partial charge in [0.05, 0.1) is 6.61 Å². The second-order valence-electron chi connectivity index (χ2n) is 8.87. The van der Waals surface area contributed by atoms with Crippen molar-refractivity contribution in [1.82, 2.24) is 0 Å². The summed E-state index contributed by atoms with van der Waals surface area (Å²) in [6, 6.07) is 15.1. The van der Waals surface area contributed by atoms with E-state index in [9.17, 15) is 9.59 Å². The first-order valence-electron chi connectivity index (χ1n) is 11.5. The van der Waals surface area contributed by atoms with E-state index in [1.165, 1.54) is 7.11 Å². The fourth-order valence-electron chi connectivity index (χ4n) is 3.21. The molecule has 7 nitrogen and oxygen atoms in total. The van der Waals surface area contributed by atoms with Crippen molar-refractivity contribution in [2.75, 3.05) is 13.7 Å². The lowest BCUT2D eigenvalue weighted by molar-refractivity contribution is -0.155. The van der Waals surface area contributed by atoms with Crippen molar-refractivity contribution >= 4 is 17.7 Å². The Morgan fingerprint density at radius 1 is 0.941 bits per heavy atom. The van der Waals surface area contributed by atoms with Crippen LogP contribution in [0.1, 0.15) is 63.1 Å². The van der Waals surface area contributed by atoms with Crippen molar-refractivity contribution in [3.05, 3.63) is 65.2 Å². The molecule has 0 atom stereocenters. The maximum atomic E-state index is 12.8. The van der Waals surface area contributed by atoms with Crippen LogP contribution in [0.3, 0.4) is 0 Å². The Labute approximate surface area is 202 Å². The number of hydrogen-bond acceptors (Lipinski definition) is 7. The Morgan fingerprint density at radius 2 is 1.65 bits per heavy atom. The molecule has 184 valence electrons. The molecular formula is C27H35NO6. The molecule has 0 spiro atoms. The zero-order valence-corrected chi connectivity index (χ0v) is 20.8. The van der Waals surface area contributed by atoms with E-state index in [0.717, 1.165) is 23.3 Å². The van der Waals surface area contributed by atoms with E-state index in [2.05, 4.69) is 5.16 Å². The van der Waals surface area contributed by atoms with Gasteiger partial charge in [0.1, 0.15) is 25.1 Å². The van der Waals surface area contributed by atoms with Crippen LogP contribution in [-0.2, 0) is 30.5 Å². The van der Waals surface area contributed by atoms with Crippen molar-refractivity contribution in [1.29, 1.82) is 0 Å². The van der Waals surface area contributed by atoms with Gasteiger partial charge in [0.25, 0.3) is 0 Å². The van der Waals surface area contributed by atoms with Crippen molar-refractivity contribution in [3.8, 4) is 5.75 Å². The number of hydrogen-bond donors (Lipinski definition) is 0. The van der Waals surface area contributed by atoms with Crippen LogP contribution in [0.4, 0.5) is 0 Å². The minimum absolute atomic E-state index is 0.0836. The largest absolute Gasteiger partial charge is 0.489 e. The number of ether oxygens (including phenoxy) is 3. The van der Waals surface area contributed by atoms with E-state index in [1.54, 1.807) is 6.07 Å². The van der Waals surface area contributed by atoms with Crippen LogP contribution < -0.4 is 4.74 Å². The molecule has 0 unspecified atom stereocenters. The Morgan fingerprint density at radius 3 is 2.35 bits per heavy atom. The average molecular weight is 470 g/mol. The van der Waals surface area contributed by atoms with E-state index in [0.29, 0.717) is 24.8 Å². The smallest absolute Gasteiger partial charge is 0.361 e. The molecule has 0 bridgehead atoms. The van der Waals surface area contributed by atoms with Crippen LogP contribution in [0.25, 0.3) is 0 Å². The van der Waals surface area contributed by atoms with Crippen LogP contribution in [-0.4, -0.2) is 37.0 Å². The first kappa shape index (κ1) is 26.9. The van der Waals surface area contributed by atoms with Gasteiger partial charge in [-0.25, -0.2) is 4.79 Å². The Bertz CT molecular complexity index is 977. The van der Waals surface area contributed by atoms with Crippen LogP contribution in [0.15, 0.2) is 53.7 Å². The monoisotopic (exact) mass is 469 g/mol. The van der Waals surface area contributed by atoms with E-state index in [1.807, 2.05) is 70.2 Å². The predicted octanol–water partition coefficient (Wildman–Crippen LogP) is 5.37. The summed E-state index contributed by atoms with van der Waals surface area (Å²) in [4.78, 5) is 29.5. The number of carbonyl (C=O) groups is 2. The van der Waals surface area contributed by atoms with Gasteiger partial charge < -0.3 is 19.0 Å². The Hall–Kier alpha value is -3.35. The minimum atomic E-state index is -0.572. The third kappa shape index (κ3) is 9.25. The Kier molecular flexibility index (Phi) is 10.6. The van der Waals surface area contributed by atoms with Gasteiger partial charge in [-0.05, 0) is 64.2 Å². The second kappa shape index (κ2) is 13.4. The van der Waals surface area contributed by atoms with Crippen LogP contribution in [0, 0.1) is 6.92 Å². The molecule has 7 heteroatoms. The zero-order chi connectivity index (χ0) is 25.0. The molecule has 0 saturated heterocycles. The van der Waals surface area contributed by atoms with E-state index < -0.39 is 11.6 Å². The third-order valence-corrected chi connectivity index (χ3v) is 4.80. The summed E-state index contributed by atoms with van der Waals surface area (Å²) >= 11 is 0. The van der Waals surface area contributed by atoms with E-state index in [4.69, 9.17) is 19.0 Å². The summed E-state index contributed by atoms with van der Waals surface area (Å²) in [5.41, 5.74) is 2.01. The number of aryl methyl sites for hydroxylation is 1. The molecule has 34 heavy (non-hydrogen) atoms. The number of oxime groups is 1. The number of benzene rings is 2. The molecule has 0 aliphatic rings. The van der Waals surface area contributed by atoms with Gasteiger partial charge in [0.2, 0.25) is 0 Å². The van der Waals surface area contributed by atoms with Crippen molar-refractivity contribution in [3.63, 3.8) is 0 Å². The molecule has 2 rings (SSSR count). The van der Waals surface area contributed by atoms with Gasteiger partial charge in [0, 0.05) is 12.0 Å². The summed E-state index contributed by atoms with van der Waals surface area (Å²) < 4.78 is 16.7. The lowest BCUT2D eigenvalue weighted by Gasteiger charge is -2.19. The van der Waals surface area contributed by atoms with Gasteiger partial charge in [0.15, 0.2) is 5.71 Å². The normalized spacial score (nSPS) is 11.6. The number of nitrogens with zero attached hydrogens (tertiary/aromatic N) is 1. The first-order chi connectivity index (χ1) is 16.2. The molecule has 0 aliphatic carbocycles. The third-order valence-electron chi connectivity index (χ3n) is 4.80. The second-order valence-corrected chi connectivity index (χ2v) is 8.87. The van der Waals surface area contributed by atoms with Crippen LogP contribution in [0.5, 0.6) is 5.75 Å². The van der Waals surface area contributed by atoms with Crippen molar-refractivity contribution < 1.29 is 28.6 Å². The molecule has 0 heterocycles. The highest BCUT2D eigenvalue weighted by atomic mass is 16.6. The summed E-state index contributed by atoms with van der Waals surface area (Å²) in [6.45, 7) is 7.99. The quantitative estimate of drug-likeness (QED) is 0.180. The molecule has 0 radical (unpaired) electrons. The summed E-state index contributed by atoms with van der Waals surface area (Å²) in [5.74, 6) is -0.0163. The number of para-hydroxylation sites is 1. The maximum absolute atomic E-state index is 12.8. The highest BCUT2D eigenvalue weighted by Crippen LogP contribution is 2.20. The summed E-state index contributed by atoms with van der Waals surface area (Å²) in [7, 11) is 1.39. The van der Waals surface area contributed by atoms with Crippen LogP contribution >= 0.6 is 0 Å². The fraction of sp³-hybridized carbons (Fsp3) is 0.444. The summed E-state index contributed by atoms with van der Waals surface area (Å²) in [6.07, 6.45) is 2.39.